The number of benzene rings is 2. The number of esters is 1. The van der Waals surface area contributed by atoms with Gasteiger partial charge in [0.2, 0.25) is 0 Å². The number of aromatic nitrogens is 2. The Morgan fingerprint density at radius 2 is 1.75 bits per heavy atom. The molecular formula is C41H55N5O6S. The van der Waals surface area contributed by atoms with E-state index in [9.17, 15) is 14.4 Å². The molecule has 2 unspecified atom stereocenters. The number of piperidine rings is 1. The van der Waals surface area contributed by atoms with Crippen molar-refractivity contribution in [3.63, 3.8) is 0 Å². The summed E-state index contributed by atoms with van der Waals surface area (Å²) in [5.74, 6) is 2.06. The third-order valence-electron chi connectivity index (χ3n) is 9.45. The number of anilines is 2. The van der Waals surface area contributed by atoms with E-state index in [1.54, 1.807) is 18.0 Å². The van der Waals surface area contributed by atoms with Gasteiger partial charge in [0.05, 0.1) is 31.5 Å². The summed E-state index contributed by atoms with van der Waals surface area (Å²) in [5, 5.41) is 7.24. The second-order valence-electron chi connectivity index (χ2n) is 15.2. The number of nitrogens with one attached hydrogen (secondary N) is 2. The first-order valence-corrected chi connectivity index (χ1v) is 19.7. The molecule has 0 spiro atoms. The molecule has 5 rings (SSSR count). The van der Waals surface area contributed by atoms with Crippen LogP contribution in [0.25, 0.3) is 0 Å². The van der Waals surface area contributed by atoms with Crippen molar-refractivity contribution in [3.8, 4) is 5.75 Å². The zero-order chi connectivity index (χ0) is 37.8. The molecule has 1 aromatic heterocycles. The van der Waals surface area contributed by atoms with Gasteiger partial charge in [-0.25, -0.2) is 14.8 Å². The van der Waals surface area contributed by atoms with Gasteiger partial charge in [-0.1, -0.05) is 30.0 Å². The van der Waals surface area contributed by atoms with E-state index in [2.05, 4.69) is 38.5 Å². The summed E-state index contributed by atoms with van der Waals surface area (Å²) >= 11 is 1.54. The van der Waals surface area contributed by atoms with Gasteiger partial charge < -0.3 is 29.7 Å². The SMILES string of the molecule is CCOC(=O)C1CC1c1ccc(OCCCCCC(=O)CCNc2cccc(Sc3cnc(N4CCC(C)(NC(=O)OC(C)(C)C)CC4)cn3)c2)cc1. The average molecular weight is 746 g/mol. The minimum absolute atomic E-state index is 0.00809. The Bertz CT molecular complexity index is 1650. The minimum Gasteiger partial charge on any atom is -0.494 e. The molecule has 0 radical (unpaired) electrons. The first-order chi connectivity index (χ1) is 25.4. The summed E-state index contributed by atoms with van der Waals surface area (Å²) in [6.45, 7) is 12.6. The van der Waals surface area contributed by atoms with Crippen LogP contribution in [0, 0.1) is 5.92 Å². The van der Waals surface area contributed by atoms with E-state index in [4.69, 9.17) is 14.2 Å². The number of unbranched alkanes of at least 4 members (excludes halogenated alkanes) is 2. The second-order valence-corrected chi connectivity index (χ2v) is 16.3. The smallest absolute Gasteiger partial charge is 0.408 e. The zero-order valence-corrected chi connectivity index (χ0v) is 32.6. The number of carbonyl (C=O) groups is 3. The lowest BCUT2D eigenvalue weighted by atomic mass is 9.90. The maximum Gasteiger partial charge on any atom is 0.408 e. The highest BCUT2D eigenvalue weighted by molar-refractivity contribution is 7.99. The second kappa shape index (κ2) is 18.6. The van der Waals surface area contributed by atoms with Gasteiger partial charge in [0, 0.05) is 48.6 Å². The van der Waals surface area contributed by atoms with Crippen molar-refractivity contribution in [2.45, 2.75) is 113 Å². The van der Waals surface area contributed by atoms with Crippen LogP contribution >= 0.6 is 11.8 Å². The lowest BCUT2D eigenvalue weighted by Gasteiger charge is -2.40. The molecule has 1 amide bonds. The summed E-state index contributed by atoms with van der Waals surface area (Å²) in [4.78, 5) is 49.3. The van der Waals surface area contributed by atoms with E-state index in [0.717, 1.165) is 84.4 Å². The lowest BCUT2D eigenvalue weighted by Crippen LogP contribution is -2.54. The Balaban J connectivity index is 0.933. The minimum atomic E-state index is -0.527. The first-order valence-electron chi connectivity index (χ1n) is 18.9. The third kappa shape index (κ3) is 12.9. The number of rotatable bonds is 18. The zero-order valence-electron chi connectivity index (χ0n) is 31.8. The summed E-state index contributed by atoms with van der Waals surface area (Å²) in [7, 11) is 0. The monoisotopic (exact) mass is 745 g/mol. The first kappa shape index (κ1) is 39.9. The van der Waals surface area contributed by atoms with Crippen LogP contribution in [0.1, 0.15) is 97.5 Å². The van der Waals surface area contributed by atoms with Crippen LogP contribution in [0.5, 0.6) is 5.75 Å². The van der Waals surface area contributed by atoms with Gasteiger partial charge in [0.15, 0.2) is 0 Å². The van der Waals surface area contributed by atoms with Gasteiger partial charge >= 0.3 is 12.1 Å². The Hall–Kier alpha value is -4.32. The quantitative estimate of drug-likeness (QED) is 0.0965. The maximum absolute atomic E-state index is 12.5. The van der Waals surface area contributed by atoms with Crippen molar-refractivity contribution in [1.82, 2.24) is 15.3 Å². The number of amides is 1. The van der Waals surface area contributed by atoms with Crippen molar-refractivity contribution < 1.29 is 28.6 Å². The van der Waals surface area contributed by atoms with E-state index in [0.29, 0.717) is 32.6 Å². The molecule has 2 heterocycles. The summed E-state index contributed by atoms with van der Waals surface area (Å²) in [5.41, 5.74) is 1.27. The van der Waals surface area contributed by atoms with Crippen molar-refractivity contribution in [2.24, 2.45) is 5.92 Å². The molecule has 3 aromatic rings. The standard InChI is InChI=1S/C41H55N5O6S/c1-6-50-38(48)35-26-34(35)29-14-16-32(17-15-29)51-24-9-7-8-12-31(47)18-21-42-30-11-10-13-33(25-30)53-37-28-43-36(27-44-37)46-22-19-41(5,20-23-46)45-39(49)52-40(2,3)4/h10-11,13-17,25,27-28,34-35,42H,6-9,12,18-24,26H2,1-5H3,(H,45,49). The molecule has 2 fully saturated rings. The maximum atomic E-state index is 12.5. The van der Waals surface area contributed by atoms with Crippen LogP contribution in [0.15, 0.2) is 70.8 Å². The number of ether oxygens (including phenoxy) is 3. The molecule has 53 heavy (non-hydrogen) atoms. The molecule has 11 nitrogen and oxygen atoms in total. The molecule has 2 aliphatic rings. The van der Waals surface area contributed by atoms with Gasteiger partial charge in [0.25, 0.3) is 0 Å². The van der Waals surface area contributed by atoms with Gasteiger partial charge in [-0.3, -0.25) is 9.59 Å². The van der Waals surface area contributed by atoms with Crippen LogP contribution < -0.4 is 20.3 Å². The van der Waals surface area contributed by atoms with E-state index in [-0.39, 0.29) is 35.2 Å². The molecular weight excluding hydrogens is 691 g/mol. The molecule has 2 aromatic carbocycles. The van der Waals surface area contributed by atoms with Crippen molar-refractivity contribution in [1.29, 1.82) is 0 Å². The molecule has 2 atom stereocenters. The number of carbonyl (C=O) groups excluding carboxylic acids is 3. The number of ketones is 1. The number of Topliss-reactive ketones (excluding diaryl/α,β-unsaturated/α-hetero) is 1. The van der Waals surface area contributed by atoms with E-state index >= 15 is 0 Å². The Morgan fingerprint density at radius 1 is 0.981 bits per heavy atom. The van der Waals surface area contributed by atoms with Crippen LogP contribution in [0.4, 0.5) is 16.3 Å². The van der Waals surface area contributed by atoms with E-state index < -0.39 is 5.60 Å². The van der Waals surface area contributed by atoms with E-state index in [1.165, 1.54) is 0 Å². The molecule has 1 saturated carbocycles. The topological polar surface area (TPSA) is 132 Å². The van der Waals surface area contributed by atoms with Gasteiger partial charge in [-0.15, -0.1) is 0 Å². The Labute approximate surface area is 318 Å². The fourth-order valence-electron chi connectivity index (χ4n) is 6.37. The molecule has 1 aliphatic heterocycles. The lowest BCUT2D eigenvalue weighted by molar-refractivity contribution is -0.144. The highest BCUT2D eigenvalue weighted by atomic mass is 32.2. The van der Waals surface area contributed by atoms with Crippen molar-refractivity contribution >= 4 is 41.1 Å². The molecule has 12 heteroatoms. The summed E-state index contributed by atoms with van der Waals surface area (Å²) < 4.78 is 16.5. The molecule has 2 N–H and O–H groups in total. The predicted molar refractivity (Wildman–Crippen MR) is 208 cm³/mol. The molecule has 0 bridgehead atoms. The largest absolute Gasteiger partial charge is 0.494 e. The average Bonchev–Trinajstić information content (AvgIpc) is 3.92. The van der Waals surface area contributed by atoms with Gasteiger partial charge in [-0.2, -0.15) is 0 Å². The molecule has 286 valence electrons. The summed E-state index contributed by atoms with van der Waals surface area (Å²) in [6.07, 6.45) is 9.40. The van der Waals surface area contributed by atoms with Gasteiger partial charge in [0.1, 0.15) is 28.0 Å². The number of alkyl carbamates (subject to hydrolysis) is 1. The number of nitrogens with zero attached hydrogens (tertiary/aromatic N) is 3. The van der Waals surface area contributed by atoms with Crippen LogP contribution in [0.2, 0.25) is 0 Å². The van der Waals surface area contributed by atoms with E-state index in [1.807, 2.05) is 76.4 Å². The van der Waals surface area contributed by atoms with Crippen LogP contribution in [-0.2, 0) is 19.1 Å². The number of hydrogen-bond acceptors (Lipinski definition) is 11. The van der Waals surface area contributed by atoms with Gasteiger partial charge in [-0.05, 0) is 115 Å². The van der Waals surface area contributed by atoms with Crippen LogP contribution in [-0.4, -0.2) is 71.8 Å². The fourth-order valence-corrected chi connectivity index (χ4v) is 7.15. The highest BCUT2D eigenvalue weighted by Crippen LogP contribution is 2.48. The summed E-state index contributed by atoms with van der Waals surface area (Å²) in [6, 6.07) is 16.1. The fraction of sp³-hybridized carbons (Fsp3) is 0.537. The number of hydrogen-bond donors (Lipinski definition) is 2. The van der Waals surface area contributed by atoms with Crippen LogP contribution in [0.3, 0.4) is 0 Å². The Kier molecular flexibility index (Phi) is 14.0. The normalized spacial score (nSPS) is 17.8. The molecule has 1 aliphatic carbocycles. The highest BCUT2D eigenvalue weighted by Gasteiger charge is 2.45. The third-order valence-corrected chi connectivity index (χ3v) is 10.4. The molecule has 1 saturated heterocycles. The Morgan fingerprint density at radius 3 is 2.45 bits per heavy atom. The predicted octanol–water partition coefficient (Wildman–Crippen LogP) is 8.19. The van der Waals surface area contributed by atoms with Crippen molar-refractivity contribution in [2.75, 3.05) is 43.1 Å². The van der Waals surface area contributed by atoms with Crippen molar-refractivity contribution in [3.05, 3.63) is 66.5 Å².